The van der Waals surface area contributed by atoms with Crippen molar-refractivity contribution in [2.45, 2.75) is 26.7 Å². The van der Waals surface area contributed by atoms with E-state index in [1.165, 1.54) is 6.07 Å². The fourth-order valence-electron chi connectivity index (χ4n) is 2.38. The van der Waals surface area contributed by atoms with Gasteiger partial charge in [0, 0.05) is 18.7 Å². The van der Waals surface area contributed by atoms with E-state index >= 15 is 0 Å². The maximum absolute atomic E-state index is 13.9. The zero-order valence-electron chi connectivity index (χ0n) is 12.6. The summed E-state index contributed by atoms with van der Waals surface area (Å²) in [4.78, 5) is 0. The van der Waals surface area contributed by atoms with E-state index in [0.717, 1.165) is 31.5 Å². The molecule has 0 aromatic heterocycles. The molecule has 0 bridgehead atoms. The number of hydrogen-bond donors (Lipinski definition) is 1. The van der Waals surface area contributed by atoms with Gasteiger partial charge in [-0.2, -0.15) is 0 Å². The Bertz CT molecular complexity index is 398. The quantitative estimate of drug-likeness (QED) is 0.698. The molecule has 2 nitrogen and oxygen atoms in total. The lowest BCUT2D eigenvalue weighted by molar-refractivity contribution is 0.197. The van der Waals surface area contributed by atoms with Crippen LogP contribution in [-0.4, -0.2) is 26.8 Å². The van der Waals surface area contributed by atoms with Gasteiger partial charge in [-0.15, -0.1) is 0 Å². The van der Waals surface area contributed by atoms with Gasteiger partial charge in [-0.3, -0.25) is 0 Å². The average Bonchev–Trinajstić information content (AvgIpc) is 2.37. The van der Waals surface area contributed by atoms with E-state index in [4.69, 9.17) is 16.3 Å². The molecule has 0 aliphatic carbocycles. The lowest BCUT2D eigenvalue weighted by Gasteiger charge is -2.20. The zero-order valence-corrected chi connectivity index (χ0v) is 13.3. The Hall–Kier alpha value is -0.640. The van der Waals surface area contributed by atoms with E-state index in [2.05, 4.69) is 19.2 Å². The van der Waals surface area contributed by atoms with Crippen LogP contribution in [0.25, 0.3) is 0 Å². The molecule has 0 saturated carbocycles. The highest BCUT2D eigenvalue weighted by molar-refractivity contribution is 6.30. The number of methoxy groups -OCH3 is 1. The fraction of sp³-hybridized carbons (Fsp3) is 0.625. The molecule has 0 aliphatic rings. The van der Waals surface area contributed by atoms with Crippen LogP contribution >= 0.6 is 11.6 Å². The molecule has 1 atom stereocenters. The summed E-state index contributed by atoms with van der Waals surface area (Å²) in [5.41, 5.74) is 0.744. The van der Waals surface area contributed by atoms with Gasteiger partial charge in [0.25, 0.3) is 0 Å². The highest BCUT2D eigenvalue weighted by Gasteiger charge is 2.14. The molecule has 0 heterocycles. The molecule has 0 radical (unpaired) electrons. The van der Waals surface area contributed by atoms with E-state index in [0.29, 0.717) is 23.5 Å². The first-order valence-corrected chi connectivity index (χ1v) is 7.54. The minimum Gasteiger partial charge on any atom is -0.383 e. The van der Waals surface area contributed by atoms with Crippen molar-refractivity contribution in [3.63, 3.8) is 0 Å². The summed E-state index contributed by atoms with van der Waals surface area (Å²) >= 11 is 5.79. The Balaban J connectivity index is 2.58. The highest BCUT2D eigenvalue weighted by Crippen LogP contribution is 2.21. The summed E-state index contributed by atoms with van der Waals surface area (Å²) in [7, 11) is 1.69. The first-order chi connectivity index (χ1) is 9.52. The molecule has 1 rings (SSSR count). The van der Waals surface area contributed by atoms with E-state index < -0.39 is 0 Å². The van der Waals surface area contributed by atoms with Crippen LogP contribution in [0.1, 0.15) is 25.8 Å². The van der Waals surface area contributed by atoms with Gasteiger partial charge < -0.3 is 10.1 Å². The zero-order chi connectivity index (χ0) is 15.0. The second kappa shape index (κ2) is 9.32. The Morgan fingerprint density at radius 1 is 1.35 bits per heavy atom. The first-order valence-electron chi connectivity index (χ1n) is 7.16. The summed E-state index contributed by atoms with van der Waals surface area (Å²) in [5.74, 6) is 0.810. The number of benzene rings is 1. The number of nitrogens with one attached hydrogen (secondary N) is 1. The maximum Gasteiger partial charge on any atom is 0.127 e. The molecule has 0 saturated heterocycles. The van der Waals surface area contributed by atoms with Gasteiger partial charge in [-0.1, -0.05) is 31.5 Å². The van der Waals surface area contributed by atoms with Crippen molar-refractivity contribution in [3.8, 4) is 0 Å². The van der Waals surface area contributed by atoms with Crippen molar-refractivity contribution >= 4 is 11.6 Å². The van der Waals surface area contributed by atoms with Crippen molar-refractivity contribution < 1.29 is 9.13 Å². The topological polar surface area (TPSA) is 21.3 Å². The third-order valence-corrected chi connectivity index (χ3v) is 3.48. The number of halogens is 2. The minimum absolute atomic E-state index is 0.205. The van der Waals surface area contributed by atoms with Crippen molar-refractivity contribution in [2.75, 3.05) is 26.8 Å². The molecule has 0 amide bonds. The normalized spacial score (nSPS) is 12.9. The highest BCUT2D eigenvalue weighted by atomic mass is 35.5. The van der Waals surface area contributed by atoms with Gasteiger partial charge in [0.1, 0.15) is 5.82 Å². The predicted molar refractivity (Wildman–Crippen MR) is 82.8 cm³/mol. The monoisotopic (exact) mass is 301 g/mol. The lowest BCUT2D eigenvalue weighted by atomic mass is 9.90. The standard InChI is InChI=1S/C16H25ClFNO/c1-12(2)8-13(11-19-6-7-20-3)9-14-4-5-15(17)10-16(14)18/h4-5,10,12-13,19H,6-9,11H2,1-3H3. The van der Waals surface area contributed by atoms with Crippen LogP contribution in [0.15, 0.2) is 18.2 Å². The van der Waals surface area contributed by atoms with Crippen LogP contribution in [0.2, 0.25) is 5.02 Å². The molecular formula is C16H25ClFNO. The summed E-state index contributed by atoms with van der Waals surface area (Å²) < 4.78 is 18.9. The molecule has 1 aromatic carbocycles. The summed E-state index contributed by atoms with van der Waals surface area (Å²) in [5, 5.41) is 3.82. The second-order valence-electron chi connectivity index (χ2n) is 5.63. The van der Waals surface area contributed by atoms with E-state index in [-0.39, 0.29) is 5.82 Å². The van der Waals surface area contributed by atoms with Gasteiger partial charge in [0.05, 0.1) is 6.61 Å². The third kappa shape index (κ3) is 6.69. The maximum atomic E-state index is 13.9. The molecule has 4 heteroatoms. The number of rotatable bonds is 9. The van der Waals surface area contributed by atoms with Crippen molar-refractivity contribution in [3.05, 3.63) is 34.6 Å². The van der Waals surface area contributed by atoms with E-state index in [9.17, 15) is 4.39 Å². The van der Waals surface area contributed by atoms with Crippen LogP contribution in [0.3, 0.4) is 0 Å². The number of hydrogen-bond acceptors (Lipinski definition) is 2. The molecule has 1 aromatic rings. The van der Waals surface area contributed by atoms with Gasteiger partial charge in [-0.05, 0) is 48.9 Å². The Morgan fingerprint density at radius 3 is 2.70 bits per heavy atom. The molecule has 0 aliphatic heterocycles. The largest absolute Gasteiger partial charge is 0.383 e. The molecule has 0 spiro atoms. The van der Waals surface area contributed by atoms with E-state index in [1.54, 1.807) is 19.2 Å². The number of ether oxygens (including phenoxy) is 1. The SMILES string of the molecule is COCCNCC(Cc1ccc(Cl)cc1F)CC(C)C. The second-order valence-corrected chi connectivity index (χ2v) is 6.07. The van der Waals surface area contributed by atoms with Crippen molar-refractivity contribution in [1.29, 1.82) is 0 Å². The Morgan fingerprint density at radius 2 is 2.10 bits per heavy atom. The lowest BCUT2D eigenvalue weighted by Crippen LogP contribution is -2.28. The molecule has 20 heavy (non-hydrogen) atoms. The third-order valence-electron chi connectivity index (χ3n) is 3.24. The molecule has 114 valence electrons. The van der Waals surface area contributed by atoms with Crippen LogP contribution in [-0.2, 0) is 11.2 Å². The van der Waals surface area contributed by atoms with Crippen LogP contribution in [0.5, 0.6) is 0 Å². The molecule has 1 N–H and O–H groups in total. The Labute approximate surface area is 126 Å². The molecule has 1 unspecified atom stereocenters. The van der Waals surface area contributed by atoms with Gasteiger partial charge in [0.15, 0.2) is 0 Å². The van der Waals surface area contributed by atoms with E-state index in [1.807, 2.05) is 0 Å². The van der Waals surface area contributed by atoms with Crippen molar-refractivity contribution in [2.24, 2.45) is 11.8 Å². The van der Waals surface area contributed by atoms with Gasteiger partial charge >= 0.3 is 0 Å². The van der Waals surface area contributed by atoms with Gasteiger partial charge in [-0.25, -0.2) is 4.39 Å². The summed E-state index contributed by atoms with van der Waals surface area (Å²) in [6.07, 6.45) is 1.81. The van der Waals surface area contributed by atoms with Crippen LogP contribution in [0, 0.1) is 17.7 Å². The molecular weight excluding hydrogens is 277 g/mol. The smallest absolute Gasteiger partial charge is 0.127 e. The Kier molecular flexibility index (Phi) is 8.12. The predicted octanol–water partition coefficient (Wildman–Crippen LogP) is 3.92. The first kappa shape index (κ1) is 17.4. The fourth-order valence-corrected chi connectivity index (χ4v) is 2.54. The van der Waals surface area contributed by atoms with Crippen molar-refractivity contribution in [1.82, 2.24) is 5.32 Å². The molecule has 0 fully saturated rings. The van der Waals surface area contributed by atoms with Crippen LogP contribution < -0.4 is 5.32 Å². The summed E-state index contributed by atoms with van der Waals surface area (Å²) in [6.45, 7) is 6.79. The summed E-state index contributed by atoms with van der Waals surface area (Å²) in [6, 6.07) is 4.94. The average molecular weight is 302 g/mol. The minimum atomic E-state index is -0.205. The van der Waals surface area contributed by atoms with Gasteiger partial charge in [0.2, 0.25) is 0 Å². The van der Waals surface area contributed by atoms with Crippen LogP contribution in [0.4, 0.5) is 4.39 Å².